The van der Waals surface area contributed by atoms with E-state index in [1.807, 2.05) is 66.7 Å². The number of primary amides is 1. The molecule has 6 atom stereocenters. The van der Waals surface area contributed by atoms with E-state index in [4.69, 9.17) is 10.5 Å². The number of hydrogen-bond acceptors (Lipinski definition) is 9. The fourth-order valence-corrected chi connectivity index (χ4v) is 11.4. The topological polar surface area (TPSA) is 214 Å². The number of Topliss-reactive ketones (excluding diaryl/α,β-unsaturated/α-hetero) is 1. The molecule has 17 heteroatoms. The Morgan fingerprint density at radius 1 is 0.850 bits per heavy atom. The molecule has 0 spiro atoms. The number of nitrogens with zero attached hydrogens (tertiary/aromatic N) is 2. The van der Waals surface area contributed by atoms with Crippen molar-refractivity contribution in [1.29, 1.82) is 0 Å². The summed E-state index contributed by atoms with van der Waals surface area (Å²) >= 11 is 0. The summed E-state index contributed by atoms with van der Waals surface area (Å²) in [4.78, 5) is 110. The van der Waals surface area contributed by atoms with Gasteiger partial charge in [0, 0.05) is 80.5 Å². The van der Waals surface area contributed by atoms with Gasteiger partial charge in [-0.05, 0) is 105 Å². The Morgan fingerprint density at radius 2 is 1.55 bits per heavy atom. The first-order valence-corrected chi connectivity index (χ1v) is 27.8. The van der Waals surface area contributed by atoms with Crippen molar-refractivity contribution in [2.45, 2.75) is 165 Å². The van der Waals surface area contributed by atoms with Gasteiger partial charge in [0.05, 0.1) is 12.1 Å². The number of alkyl halides is 2. The smallest absolute Gasteiger partial charge is 0.270 e. The van der Waals surface area contributed by atoms with E-state index in [2.05, 4.69) is 27.8 Å². The molecule has 4 aliphatic rings. The van der Waals surface area contributed by atoms with Gasteiger partial charge in [0.25, 0.3) is 11.8 Å². The van der Waals surface area contributed by atoms with Crippen molar-refractivity contribution in [2.24, 2.45) is 5.73 Å². The molecule has 0 aromatic heterocycles. The van der Waals surface area contributed by atoms with E-state index in [0.717, 1.165) is 54.9 Å². The molecule has 8 rings (SSSR count). The van der Waals surface area contributed by atoms with Crippen LogP contribution in [0.15, 0.2) is 109 Å². The lowest BCUT2D eigenvalue weighted by molar-refractivity contribution is -0.145. The van der Waals surface area contributed by atoms with E-state index in [9.17, 15) is 47.1 Å². The summed E-state index contributed by atoms with van der Waals surface area (Å²) in [5.41, 5.74) is 10.3. The summed E-state index contributed by atoms with van der Waals surface area (Å²) in [6.45, 7) is 3.17. The summed E-state index contributed by atoms with van der Waals surface area (Å²) in [5.74, 6) is -0.454. The quantitative estimate of drug-likeness (QED) is 0.0260. The van der Waals surface area contributed by atoms with Crippen LogP contribution in [-0.2, 0) is 50.8 Å². The summed E-state index contributed by atoms with van der Waals surface area (Å²) in [6.07, 6.45) is 7.07. The normalized spacial score (nSPS) is 20.7. The number of carbonyl (C=O) groups is 8. The minimum atomic E-state index is -3.04. The molecule has 0 bridgehead atoms. The van der Waals surface area contributed by atoms with Gasteiger partial charge in [-0.3, -0.25) is 43.7 Å². The van der Waals surface area contributed by atoms with E-state index in [0.29, 0.717) is 49.0 Å². The zero-order valence-corrected chi connectivity index (χ0v) is 45.4. The fraction of sp³-hybridized carbons (Fsp3) is 0.429. The van der Waals surface area contributed by atoms with Crippen molar-refractivity contribution in [3.05, 3.63) is 148 Å². The van der Waals surface area contributed by atoms with Gasteiger partial charge in [0.1, 0.15) is 18.1 Å². The van der Waals surface area contributed by atoms with Crippen LogP contribution in [-0.4, -0.2) is 99.9 Å². The highest BCUT2D eigenvalue weighted by molar-refractivity contribution is 6.06. The first-order valence-electron chi connectivity index (χ1n) is 27.8. The second-order valence-corrected chi connectivity index (χ2v) is 21.5. The summed E-state index contributed by atoms with van der Waals surface area (Å²) in [7, 11) is 0. The number of rotatable bonds is 22. The number of fused-ring (bicyclic) bond motifs is 2. The molecule has 7 amide bonds. The van der Waals surface area contributed by atoms with Crippen LogP contribution in [0.1, 0.15) is 160 Å². The molecule has 3 fully saturated rings. The number of benzene rings is 4. The van der Waals surface area contributed by atoms with Crippen molar-refractivity contribution in [2.75, 3.05) is 6.61 Å². The van der Waals surface area contributed by atoms with E-state index >= 15 is 0 Å². The second-order valence-electron chi connectivity index (χ2n) is 21.5. The molecule has 4 aromatic carbocycles. The molecule has 4 aromatic rings. The number of ether oxygens (including phenoxy) is 1. The third-order valence-electron chi connectivity index (χ3n) is 15.7. The van der Waals surface area contributed by atoms with Gasteiger partial charge < -0.3 is 30.9 Å². The summed E-state index contributed by atoms with van der Waals surface area (Å²) in [5, 5.41) is 8.15. The van der Waals surface area contributed by atoms with Crippen LogP contribution in [0.2, 0.25) is 0 Å². The van der Waals surface area contributed by atoms with Crippen molar-refractivity contribution in [1.82, 2.24) is 25.8 Å². The minimum absolute atomic E-state index is 0.0207. The summed E-state index contributed by atoms with van der Waals surface area (Å²) in [6, 6.07) is 25.9. The molecular formula is C63H70F2N6O9. The average molecular weight is 1090 g/mol. The molecule has 4 heterocycles. The number of nitrogens with two attached hydrogens (primary N) is 1. The van der Waals surface area contributed by atoms with Crippen molar-refractivity contribution in [3.63, 3.8) is 0 Å². The fourth-order valence-electron chi connectivity index (χ4n) is 11.4. The first kappa shape index (κ1) is 58.3. The largest absolute Gasteiger partial charge is 0.378 e. The highest BCUT2D eigenvalue weighted by atomic mass is 19.3. The number of unbranched alkanes of at least 4 members (excludes halogenated alkanes) is 4. The number of hydrogen-bond donors (Lipinski definition) is 4. The number of piperidine rings is 1. The van der Waals surface area contributed by atoms with Gasteiger partial charge in [-0.1, -0.05) is 116 Å². The lowest BCUT2D eigenvalue weighted by atomic mass is 9.85. The zero-order valence-electron chi connectivity index (χ0n) is 45.4. The third-order valence-corrected chi connectivity index (χ3v) is 15.7. The lowest BCUT2D eigenvalue weighted by Gasteiger charge is -2.37. The van der Waals surface area contributed by atoms with Gasteiger partial charge in [-0.25, -0.2) is 8.78 Å². The number of amides is 7. The molecule has 0 saturated carbocycles. The van der Waals surface area contributed by atoms with E-state index in [1.165, 1.54) is 35.2 Å². The number of ketones is 1. The Hall–Kier alpha value is -7.84. The number of halogens is 2. The predicted molar refractivity (Wildman–Crippen MR) is 296 cm³/mol. The molecule has 0 radical (unpaired) electrons. The maximum atomic E-state index is 14.8. The van der Waals surface area contributed by atoms with Crippen LogP contribution < -0.4 is 21.7 Å². The van der Waals surface area contributed by atoms with Crippen LogP contribution in [0.3, 0.4) is 0 Å². The van der Waals surface area contributed by atoms with Crippen LogP contribution >= 0.6 is 0 Å². The van der Waals surface area contributed by atoms with E-state index in [1.54, 1.807) is 24.0 Å². The SMILES string of the molecule is C/C(=C\C(=O)N[C@H]1CC[C@H](OCCCCCCC#Cc2cccc3c2CN(C2CCC(=O)NC2=O)C3=O)C[C@H]2CC[C@@H](C(=O)N[C@@H](CCC(N)=O)C(=O)CC(c3ccccc3)c3ccccc3)N2C1=O)c1ccc(C(C)(F)F)cc1. The minimum Gasteiger partial charge on any atom is -0.378 e. The second kappa shape index (κ2) is 26.9. The zero-order chi connectivity index (χ0) is 56.9. The molecule has 0 aliphatic carbocycles. The highest BCUT2D eigenvalue weighted by Crippen LogP contribution is 2.35. The lowest BCUT2D eigenvalue weighted by Crippen LogP contribution is -2.58. The van der Waals surface area contributed by atoms with Gasteiger partial charge in [-0.15, -0.1) is 0 Å². The molecule has 5 N–H and O–H groups in total. The third kappa shape index (κ3) is 14.9. The van der Waals surface area contributed by atoms with Crippen molar-refractivity contribution < 1.29 is 51.9 Å². The van der Waals surface area contributed by atoms with Crippen LogP contribution in [0.4, 0.5) is 8.78 Å². The molecular weight excluding hydrogens is 1020 g/mol. The van der Waals surface area contributed by atoms with Gasteiger partial charge in [0.2, 0.25) is 35.4 Å². The molecule has 80 heavy (non-hydrogen) atoms. The van der Waals surface area contributed by atoms with E-state index in [-0.39, 0.29) is 86.7 Å². The van der Waals surface area contributed by atoms with Gasteiger partial charge in [-0.2, -0.15) is 0 Å². The number of nitrogens with one attached hydrogen (secondary N) is 3. The number of imide groups is 1. The Labute approximate surface area is 465 Å². The van der Waals surface area contributed by atoms with E-state index < -0.39 is 65.7 Å². The standard InChI is InChI=1S/C63H70F2N6O9/c1-40(41-23-25-45(26-24-41)63(2,64)65)36-58(75)67-52-29-28-47(80-35-14-6-4-3-5-9-20-44-21-15-22-48-50(44)39-70(61(48)78)53-32-34-57(74)69-59(53)76)37-46-27-31-54(71(46)62(52)79)60(77)68-51(30-33-56(66)73)55(72)38-49(42-16-10-7-11-17-42)43-18-12-8-13-19-43/h7-8,10-13,15-19,21-26,36,46-47,49,51-54H,3-6,14,27-35,37-39H2,1-2H3,(H2,66,73)(H,67,75)(H,68,77)(H,69,74,76)/b40-36+/t46-,47+,51+,52+,53?,54+/m1/s1. The molecule has 420 valence electrons. The molecule has 15 nitrogen and oxygen atoms in total. The maximum Gasteiger partial charge on any atom is 0.270 e. The van der Waals surface area contributed by atoms with Crippen LogP contribution in [0, 0.1) is 11.8 Å². The van der Waals surface area contributed by atoms with Gasteiger partial charge >= 0.3 is 0 Å². The first-order chi connectivity index (χ1) is 38.4. The molecule has 1 unspecified atom stereocenters. The van der Waals surface area contributed by atoms with Crippen molar-refractivity contribution in [3.8, 4) is 11.8 Å². The monoisotopic (exact) mass is 1090 g/mol. The van der Waals surface area contributed by atoms with Crippen LogP contribution in [0.5, 0.6) is 0 Å². The highest BCUT2D eigenvalue weighted by Gasteiger charge is 2.46. The predicted octanol–water partition coefficient (Wildman–Crippen LogP) is 7.92. The molecule has 4 aliphatic heterocycles. The molecule has 3 saturated heterocycles. The Balaban J connectivity index is 0.910. The van der Waals surface area contributed by atoms with Gasteiger partial charge in [0.15, 0.2) is 5.78 Å². The van der Waals surface area contributed by atoms with Crippen molar-refractivity contribution >= 4 is 52.7 Å². The Kier molecular flexibility index (Phi) is 19.6. The maximum absolute atomic E-state index is 14.8. The average Bonchev–Trinajstić information content (AvgIpc) is 4.03. The Bertz CT molecular complexity index is 2990. The number of allylic oxidation sites excluding steroid dienone is 1. The summed E-state index contributed by atoms with van der Waals surface area (Å²) < 4.78 is 34.5. The van der Waals surface area contributed by atoms with Crippen LogP contribution in [0.25, 0.3) is 5.57 Å². The Morgan fingerprint density at radius 3 is 2.23 bits per heavy atom. The number of carbonyl (C=O) groups excluding carboxylic acids is 8.